The fourth-order valence-electron chi connectivity index (χ4n) is 5.27. The molecule has 0 aliphatic carbocycles. The third kappa shape index (κ3) is 5.18. The van der Waals surface area contributed by atoms with E-state index >= 15 is 0 Å². The highest BCUT2D eigenvalue weighted by atomic mass is 19.1. The number of hydrogen-bond acceptors (Lipinski definition) is 4. The number of carbonyl (C=O) groups is 2. The van der Waals surface area contributed by atoms with Crippen LogP contribution in [0.2, 0.25) is 0 Å². The van der Waals surface area contributed by atoms with Crippen LogP contribution in [0.1, 0.15) is 20.8 Å². The molecule has 2 aromatic carbocycles. The Morgan fingerprint density at radius 2 is 1.65 bits per heavy atom. The van der Waals surface area contributed by atoms with Crippen LogP contribution >= 0.6 is 0 Å². The van der Waals surface area contributed by atoms with Gasteiger partial charge in [0.05, 0.1) is 23.3 Å². The van der Waals surface area contributed by atoms with Crippen LogP contribution < -0.4 is 4.90 Å². The van der Waals surface area contributed by atoms with E-state index in [1.54, 1.807) is 57.9 Å². The number of benzene rings is 2. The van der Waals surface area contributed by atoms with E-state index in [4.69, 9.17) is 0 Å². The third-order valence-electron chi connectivity index (χ3n) is 7.40. The average Bonchev–Trinajstić information content (AvgIpc) is 3.59. The van der Waals surface area contributed by atoms with Gasteiger partial charge < -0.3 is 19.6 Å². The van der Waals surface area contributed by atoms with Crippen molar-refractivity contribution in [1.82, 2.24) is 24.5 Å². The summed E-state index contributed by atoms with van der Waals surface area (Å²) in [5.41, 5.74) is 1.89. The Balaban J connectivity index is 0.000000405. The summed E-state index contributed by atoms with van der Waals surface area (Å²) in [5, 5.41) is 5.19. The Morgan fingerprint density at radius 1 is 0.973 bits per heavy atom. The summed E-state index contributed by atoms with van der Waals surface area (Å²) in [6, 6.07) is 12.1. The molecule has 0 spiro atoms. The summed E-state index contributed by atoms with van der Waals surface area (Å²) in [6.07, 6.45) is 1.68. The molecular formula is C28H37FN6O2. The predicted molar refractivity (Wildman–Crippen MR) is 144 cm³/mol. The van der Waals surface area contributed by atoms with E-state index in [1.165, 1.54) is 25.7 Å². The lowest BCUT2D eigenvalue weighted by Crippen LogP contribution is -2.40. The van der Waals surface area contributed by atoms with Crippen LogP contribution in [0, 0.1) is 17.7 Å². The van der Waals surface area contributed by atoms with E-state index in [2.05, 4.69) is 30.8 Å². The maximum absolute atomic E-state index is 14.3. The highest BCUT2D eigenvalue weighted by Crippen LogP contribution is 2.38. The van der Waals surface area contributed by atoms with Gasteiger partial charge in [0, 0.05) is 45.0 Å². The second-order valence-corrected chi connectivity index (χ2v) is 9.73. The number of amides is 3. The number of aromatic nitrogens is 2. The minimum atomic E-state index is -0.356. The van der Waals surface area contributed by atoms with Crippen molar-refractivity contribution in [2.24, 2.45) is 11.8 Å². The summed E-state index contributed by atoms with van der Waals surface area (Å²) >= 11 is 0. The Kier molecular flexibility index (Phi) is 8.12. The van der Waals surface area contributed by atoms with E-state index in [0.29, 0.717) is 25.3 Å². The number of hydrogen-bond donors (Lipinski definition) is 0. The lowest BCUT2D eigenvalue weighted by Gasteiger charge is -2.24. The minimum Gasteiger partial charge on any atom is -0.331 e. The molecule has 1 aromatic heterocycles. The van der Waals surface area contributed by atoms with E-state index in [9.17, 15) is 14.0 Å². The van der Waals surface area contributed by atoms with Gasteiger partial charge in [0.15, 0.2) is 0 Å². The SMILES string of the molecule is CCN(CC)CC.CN(C)C(=O)N1C[C@H]2CN(c3cccc4c3cnn4-c3ccccc3F)C(=O)[C@H]2C1. The Morgan fingerprint density at radius 3 is 2.24 bits per heavy atom. The van der Waals surface area contributed by atoms with Crippen LogP contribution in [-0.2, 0) is 4.79 Å². The summed E-state index contributed by atoms with van der Waals surface area (Å²) in [4.78, 5) is 32.9. The third-order valence-corrected chi connectivity index (χ3v) is 7.40. The molecule has 0 bridgehead atoms. The molecule has 2 aliphatic heterocycles. The molecule has 2 atom stereocenters. The number of fused-ring (bicyclic) bond motifs is 2. The molecule has 198 valence electrons. The van der Waals surface area contributed by atoms with Gasteiger partial charge in [-0.25, -0.2) is 13.9 Å². The lowest BCUT2D eigenvalue weighted by molar-refractivity contribution is -0.120. The number of para-hydroxylation sites is 1. The summed E-state index contributed by atoms with van der Waals surface area (Å²) in [6.45, 7) is 11.7. The van der Waals surface area contributed by atoms with E-state index in [1.807, 2.05) is 18.2 Å². The van der Waals surface area contributed by atoms with Gasteiger partial charge in [0.2, 0.25) is 5.91 Å². The molecule has 2 aliphatic rings. The quantitative estimate of drug-likeness (QED) is 0.521. The highest BCUT2D eigenvalue weighted by molar-refractivity contribution is 6.05. The van der Waals surface area contributed by atoms with E-state index in [0.717, 1.165) is 16.6 Å². The lowest BCUT2D eigenvalue weighted by atomic mass is 10.0. The summed E-state index contributed by atoms with van der Waals surface area (Å²) in [7, 11) is 3.44. The Hall–Kier alpha value is -3.46. The second-order valence-electron chi connectivity index (χ2n) is 9.73. The molecule has 9 heteroatoms. The molecule has 2 saturated heterocycles. The maximum atomic E-state index is 14.3. The fraction of sp³-hybridized carbons (Fsp3) is 0.464. The second kappa shape index (κ2) is 11.3. The van der Waals surface area contributed by atoms with Gasteiger partial charge in [-0.3, -0.25) is 4.79 Å². The number of urea groups is 1. The molecule has 3 aromatic rings. The minimum absolute atomic E-state index is 0.0280. The average molecular weight is 509 g/mol. The first-order valence-electron chi connectivity index (χ1n) is 13.0. The predicted octanol–water partition coefficient (Wildman–Crippen LogP) is 4.09. The number of rotatable bonds is 5. The summed E-state index contributed by atoms with van der Waals surface area (Å²) in [5.74, 6) is -0.408. The topological polar surface area (TPSA) is 64.9 Å². The normalized spacial score (nSPS) is 18.8. The first-order valence-corrected chi connectivity index (χ1v) is 13.0. The molecule has 37 heavy (non-hydrogen) atoms. The molecule has 0 N–H and O–H groups in total. The van der Waals surface area contributed by atoms with Crippen molar-refractivity contribution in [3.63, 3.8) is 0 Å². The Labute approximate surface area is 218 Å². The fourth-order valence-corrected chi connectivity index (χ4v) is 5.27. The highest BCUT2D eigenvalue weighted by Gasteiger charge is 2.48. The van der Waals surface area contributed by atoms with Crippen LogP contribution in [0.4, 0.5) is 14.9 Å². The molecule has 3 heterocycles. The molecule has 0 unspecified atom stereocenters. The van der Waals surface area contributed by atoms with Crippen LogP contribution in [0.15, 0.2) is 48.7 Å². The smallest absolute Gasteiger partial charge is 0.319 e. The zero-order valence-corrected chi connectivity index (χ0v) is 22.4. The van der Waals surface area contributed by atoms with Gasteiger partial charge in [-0.2, -0.15) is 5.10 Å². The molecular weight excluding hydrogens is 471 g/mol. The first kappa shape index (κ1) is 26.6. The van der Waals surface area contributed by atoms with Crippen LogP contribution in [0.25, 0.3) is 16.6 Å². The van der Waals surface area contributed by atoms with Gasteiger partial charge in [0.25, 0.3) is 0 Å². The largest absolute Gasteiger partial charge is 0.331 e. The standard InChI is InChI=1S/C22H22FN5O2.C6H15N/c1-25(2)22(30)26-11-14-12-27(21(29)16(14)13-26)18-8-5-9-19-15(18)10-24-28(19)20-7-4-3-6-17(20)23;1-4-7(5-2)6-3/h3-10,14,16H,11-13H2,1-2H3;4-6H2,1-3H3/t14-,16-;/m0./s1. The molecule has 5 rings (SSSR count). The number of likely N-dealkylation sites (tertiary alicyclic amines) is 1. The van der Waals surface area contributed by atoms with Gasteiger partial charge in [0.1, 0.15) is 11.5 Å². The van der Waals surface area contributed by atoms with Crippen molar-refractivity contribution in [3.8, 4) is 5.69 Å². The maximum Gasteiger partial charge on any atom is 0.319 e. The number of nitrogens with zero attached hydrogens (tertiary/aromatic N) is 6. The van der Waals surface area contributed by atoms with Crippen molar-refractivity contribution in [3.05, 3.63) is 54.5 Å². The van der Waals surface area contributed by atoms with E-state index < -0.39 is 0 Å². The molecule has 3 amide bonds. The van der Waals surface area contributed by atoms with Crippen LogP contribution in [0.5, 0.6) is 0 Å². The molecule has 0 saturated carbocycles. The van der Waals surface area contributed by atoms with Gasteiger partial charge in [-0.1, -0.05) is 39.0 Å². The van der Waals surface area contributed by atoms with Crippen molar-refractivity contribution in [2.75, 3.05) is 58.3 Å². The van der Waals surface area contributed by atoms with Gasteiger partial charge in [-0.05, 0) is 43.9 Å². The summed E-state index contributed by atoms with van der Waals surface area (Å²) < 4.78 is 15.9. The number of carbonyl (C=O) groups excluding carboxylic acids is 2. The zero-order valence-electron chi connectivity index (χ0n) is 22.4. The zero-order chi connectivity index (χ0) is 26.7. The van der Waals surface area contributed by atoms with Crippen molar-refractivity contribution in [1.29, 1.82) is 0 Å². The molecule has 0 radical (unpaired) electrons. The van der Waals surface area contributed by atoms with Gasteiger partial charge >= 0.3 is 6.03 Å². The van der Waals surface area contributed by atoms with Crippen LogP contribution in [-0.4, -0.2) is 89.8 Å². The first-order chi connectivity index (χ1) is 17.8. The number of halogens is 1. The van der Waals surface area contributed by atoms with E-state index in [-0.39, 0.29) is 29.6 Å². The molecule has 2 fully saturated rings. The van der Waals surface area contributed by atoms with Crippen molar-refractivity contribution >= 4 is 28.5 Å². The Bertz CT molecular complexity index is 1250. The monoisotopic (exact) mass is 508 g/mol. The van der Waals surface area contributed by atoms with Crippen LogP contribution in [0.3, 0.4) is 0 Å². The van der Waals surface area contributed by atoms with Crippen molar-refractivity contribution in [2.45, 2.75) is 20.8 Å². The number of anilines is 1. The van der Waals surface area contributed by atoms with Crippen molar-refractivity contribution < 1.29 is 14.0 Å². The van der Waals surface area contributed by atoms with Gasteiger partial charge in [-0.15, -0.1) is 0 Å². The molecule has 8 nitrogen and oxygen atoms in total.